The fraction of sp³-hybridized carbons (Fsp3) is 0.526. The zero-order chi connectivity index (χ0) is 16.7. The van der Waals surface area contributed by atoms with E-state index in [0.717, 1.165) is 43.7 Å². The van der Waals surface area contributed by atoms with Crippen LogP contribution in [-0.4, -0.2) is 47.3 Å². The van der Waals surface area contributed by atoms with Crippen LogP contribution in [0.1, 0.15) is 32.3 Å². The quantitative estimate of drug-likeness (QED) is 0.744. The molecule has 0 aliphatic carbocycles. The molecule has 126 valence electrons. The predicted molar refractivity (Wildman–Crippen MR) is 98.0 cm³/mol. The number of hydrogen-bond acceptors (Lipinski definition) is 4. The lowest BCUT2D eigenvalue weighted by Gasteiger charge is -2.21. The van der Waals surface area contributed by atoms with Gasteiger partial charge in [0.05, 0.1) is 12.1 Å². The van der Waals surface area contributed by atoms with Gasteiger partial charge in [-0.05, 0) is 57.5 Å². The van der Waals surface area contributed by atoms with Crippen molar-refractivity contribution in [2.45, 2.75) is 39.7 Å². The molecule has 2 rings (SSSR count). The Morgan fingerprint density at radius 2 is 2.09 bits per heavy atom. The monoisotopic (exact) mass is 315 g/mol. The molecule has 0 aliphatic heterocycles. The molecule has 0 saturated heterocycles. The smallest absolute Gasteiger partial charge is 0.0725 e. The topological polar surface area (TPSA) is 48.4 Å². The molecule has 23 heavy (non-hydrogen) atoms. The van der Waals surface area contributed by atoms with Crippen molar-refractivity contribution < 1.29 is 5.11 Å². The number of hydrogen-bond donors (Lipinski definition) is 2. The second kappa shape index (κ2) is 8.85. The molecule has 2 N–H and O–H groups in total. The number of aromatic nitrogens is 1. The number of likely N-dealkylation sites (N-methyl/N-ethyl adjacent to an activating group) is 1. The van der Waals surface area contributed by atoms with Gasteiger partial charge < -0.3 is 15.3 Å². The molecule has 1 unspecified atom stereocenters. The molecular weight excluding hydrogens is 286 g/mol. The Hall–Kier alpha value is -1.65. The van der Waals surface area contributed by atoms with E-state index in [1.807, 2.05) is 6.20 Å². The molecule has 0 fully saturated rings. The zero-order valence-electron chi connectivity index (χ0n) is 14.5. The van der Waals surface area contributed by atoms with Gasteiger partial charge in [0.2, 0.25) is 0 Å². The first-order chi connectivity index (χ1) is 11.1. The molecule has 0 amide bonds. The van der Waals surface area contributed by atoms with E-state index in [1.54, 1.807) is 0 Å². The lowest BCUT2D eigenvalue weighted by Crippen LogP contribution is -2.28. The van der Waals surface area contributed by atoms with E-state index in [0.29, 0.717) is 6.04 Å². The molecule has 0 bridgehead atoms. The Morgan fingerprint density at radius 1 is 1.26 bits per heavy atom. The zero-order valence-corrected chi connectivity index (χ0v) is 14.5. The normalized spacial score (nSPS) is 12.7. The van der Waals surface area contributed by atoms with E-state index in [2.05, 4.69) is 60.2 Å². The summed E-state index contributed by atoms with van der Waals surface area (Å²) in [6.07, 6.45) is 4.11. The molecular formula is C19H29N3O. The van der Waals surface area contributed by atoms with Gasteiger partial charge >= 0.3 is 0 Å². The summed E-state index contributed by atoms with van der Waals surface area (Å²) in [4.78, 5) is 6.75. The Bertz CT molecular complexity index is 615. The van der Waals surface area contributed by atoms with Crippen LogP contribution in [0.4, 0.5) is 5.69 Å². The number of nitrogens with one attached hydrogen (secondary N) is 1. The maximum Gasteiger partial charge on any atom is 0.0725 e. The minimum absolute atomic E-state index is 0.240. The maximum absolute atomic E-state index is 9.03. The highest BCUT2D eigenvalue weighted by molar-refractivity contribution is 5.91. The average Bonchev–Trinajstić information content (AvgIpc) is 2.54. The van der Waals surface area contributed by atoms with Crippen molar-refractivity contribution in [2.24, 2.45) is 0 Å². The van der Waals surface area contributed by atoms with Crippen LogP contribution in [-0.2, 0) is 0 Å². The lowest BCUT2D eigenvalue weighted by atomic mass is 10.1. The third kappa shape index (κ3) is 5.19. The molecule has 0 aliphatic rings. The van der Waals surface area contributed by atoms with Gasteiger partial charge in [0, 0.05) is 29.9 Å². The number of rotatable bonds is 9. The number of aliphatic hydroxyl groups is 1. The third-order valence-electron chi connectivity index (χ3n) is 4.28. The van der Waals surface area contributed by atoms with E-state index in [9.17, 15) is 0 Å². The van der Waals surface area contributed by atoms with Crippen LogP contribution in [0.25, 0.3) is 10.9 Å². The Labute approximate surface area is 139 Å². The van der Waals surface area contributed by atoms with Crippen LogP contribution >= 0.6 is 0 Å². The largest absolute Gasteiger partial charge is 0.395 e. The fourth-order valence-electron chi connectivity index (χ4n) is 2.91. The molecule has 0 radical (unpaired) electrons. The van der Waals surface area contributed by atoms with Gasteiger partial charge in [0.1, 0.15) is 0 Å². The Kier molecular flexibility index (Phi) is 6.81. The van der Waals surface area contributed by atoms with Crippen LogP contribution < -0.4 is 5.32 Å². The minimum atomic E-state index is 0.240. The molecule has 1 aromatic carbocycles. The van der Waals surface area contributed by atoms with Gasteiger partial charge in [0.15, 0.2) is 0 Å². The summed E-state index contributed by atoms with van der Waals surface area (Å²) < 4.78 is 0. The van der Waals surface area contributed by atoms with Crippen LogP contribution in [0.15, 0.2) is 30.5 Å². The van der Waals surface area contributed by atoms with Crippen LogP contribution in [0.5, 0.6) is 0 Å². The molecule has 4 nitrogen and oxygen atoms in total. The molecule has 1 atom stereocenters. The third-order valence-corrected chi connectivity index (χ3v) is 4.28. The molecule has 4 heteroatoms. The van der Waals surface area contributed by atoms with Gasteiger partial charge in [-0.3, -0.25) is 4.98 Å². The number of pyridine rings is 1. The number of aliphatic hydroxyl groups excluding tert-OH is 1. The van der Waals surface area contributed by atoms with Crippen LogP contribution in [0.2, 0.25) is 0 Å². The average molecular weight is 315 g/mol. The number of nitrogens with zero attached hydrogens (tertiary/aromatic N) is 2. The fourth-order valence-corrected chi connectivity index (χ4v) is 2.91. The summed E-state index contributed by atoms with van der Waals surface area (Å²) in [7, 11) is 0. The van der Waals surface area contributed by atoms with E-state index in [-0.39, 0.29) is 6.61 Å². The van der Waals surface area contributed by atoms with Crippen molar-refractivity contribution in [1.82, 2.24) is 9.88 Å². The minimum Gasteiger partial charge on any atom is -0.395 e. The van der Waals surface area contributed by atoms with E-state index in [1.165, 1.54) is 10.9 Å². The van der Waals surface area contributed by atoms with Gasteiger partial charge in [-0.1, -0.05) is 19.1 Å². The summed E-state index contributed by atoms with van der Waals surface area (Å²) in [6, 6.07) is 8.87. The molecule has 2 aromatic rings. The molecule has 0 saturated carbocycles. The summed E-state index contributed by atoms with van der Waals surface area (Å²) >= 11 is 0. The first kappa shape index (κ1) is 17.7. The Morgan fingerprint density at radius 3 is 2.83 bits per heavy atom. The van der Waals surface area contributed by atoms with Gasteiger partial charge in [0.25, 0.3) is 0 Å². The van der Waals surface area contributed by atoms with Crippen LogP contribution in [0.3, 0.4) is 0 Å². The predicted octanol–water partition coefficient (Wildman–Crippen LogP) is 3.44. The lowest BCUT2D eigenvalue weighted by molar-refractivity contribution is 0.199. The van der Waals surface area contributed by atoms with Gasteiger partial charge in [-0.25, -0.2) is 0 Å². The van der Waals surface area contributed by atoms with Crippen molar-refractivity contribution >= 4 is 16.6 Å². The molecule has 0 spiro atoms. The van der Waals surface area contributed by atoms with Crippen molar-refractivity contribution in [3.05, 3.63) is 36.0 Å². The molecule has 1 heterocycles. The van der Waals surface area contributed by atoms with Crippen molar-refractivity contribution in [3.8, 4) is 0 Å². The van der Waals surface area contributed by atoms with Crippen molar-refractivity contribution in [1.29, 1.82) is 0 Å². The summed E-state index contributed by atoms with van der Waals surface area (Å²) in [5, 5.41) is 13.8. The van der Waals surface area contributed by atoms with Crippen LogP contribution in [0, 0.1) is 6.92 Å². The van der Waals surface area contributed by atoms with E-state index >= 15 is 0 Å². The van der Waals surface area contributed by atoms with E-state index in [4.69, 9.17) is 5.11 Å². The number of fused-ring (bicyclic) bond motifs is 1. The number of anilines is 1. The highest BCUT2D eigenvalue weighted by Crippen LogP contribution is 2.23. The number of benzene rings is 1. The van der Waals surface area contributed by atoms with Gasteiger partial charge in [-0.15, -0.1) is 0 Å². The van der Waals surface area contributed by atoms with Crippen molar-refractivity contribution in [3.63, 3.8) is 0 Å². The summed E-state index contributed by atoms with van der Waals surface area (Å²) in [5.74, 6) is 0. The Balaban J connectivity index is 1.91. The first-order valence-electron chi connectivity index (χ1n) is 8.59. The van der Waals surface area contributed by atoms with E-state index < -0.39 is 0 Å². The highest BCUT2D eigenvalue weighted by atomic mass is 16.3. The maximum atomic E-state index is 9.03. The second-order valence-electron chi connectivity index (χ2n) is 6.22. The van der Waals surface area contributed by atoms with Crippen molar-refractivity contribution in [2.75, 3.05) is 31.6 Å². The SMILES string of the molecule is CCN(CCO)CCCC(C)Nc1ccnc2cc(C)ccc12. The highest BCUT2D eigenvalue weighted by Gasteiger charge is 2.07. The van der Waals surface area contributed by atoms with Gasteiger partial charge in [-0.2, -0.15) is 0 Å². The standard InChI is InChI=1S/C19H29N3O/c1-4-22(12-13-23)11-5-6-16(3)21-18-9-10-20-19-14-15(2)7-8-17(18)19/h7-10,14,16,23H,4-6,11-13H2,1-3H3,(H,20,21). The first-order valence-corrected chi connectivity index (χ1v) is 8.59. The second-order valence-corrected chi connectivity index (χ2v) is 6.22. The molecule has 1 aromatic heterocycles. The summed E-state index contributed by atoms with van der Waals surface area (Å²) in [6.45, 7) is 9.51. The summed E-state index contributed by atoms with van der Waals surface area (Å²) in [5.41, 5.74) is 3.44. The number of aryl methyl sites for hydroxylation is 1.